The summed E-state index contributed by atoms with van der Waals surface area (Å²) in [6.07, 6.45) is 5.06. The minimum atomic E-state index is -0.109. The second-order valence-electron chi connectivity index (χ2n) is 5.36. The van der Waals surface area contributed by atoms with Crippen LogP contribution in [0.2, 0.25) is 5.02 Å². The zero-order valence-corrected chi connectivity index (χ0v) is 12.1. The molecule has 1 aliphatic rings. The molecule has 1 saturated heterocycles. The molecule has 20 heavy (non-hydrogen) atoms. The number of nitrogens with one attached hydrogen (secondary N) is 1. The summed E-state index contributed by atoms with van der Waals surface area (Å²) in [5.74, 6) is 0.742. The van der Waals surface area contributed by atoms with Crippen molar-refractivity contribution in [3.8, 4) is 0 Å². The van der Waals surface area contributed by atoms with E-state index < -0.39 is 0 Å². The molecule has 2 heterocycles. The quantitative estimate of drug-likeness (QED) is 0.925. The molecular formula is C15H18ClN3O. The van der Waals surface area contributed by atoms with Crippen LogP contribution in [-0.4, -0.2) is 28.0 Å². The summed E-state index contributed by atoms with van der Waals surface area (Å²) in [6.45, 7) is 2.89. The van der Waals surface area contributed by atoms with Crippen molar-refractivity contribution >= 4 is 22.5 Å². The fourth-order valence-electron chi connectivity index (χ4n) is 2.74. The third kappa shape index (κ3) is 3.02. The molecule has 0 unspecified atom stereocenters. The number of nitrogens with zero attached hydrogens (tertiary/aromatic N) is 2. The summed E-state index contributed by atoms with van der Waals surface area (Å²) in [5, 5.41) is 1.11. The van der Waals surface area contributed by atoms with Crippen molar-refractivity contribution in [2.24, 2.45) is 0 Å². The van der Waals surface area contributed by atoms with Gasteiger partial charge in [0.1, 0.15) is 5.82 Å². The average molecular weight is 292 g/mol. The lowest BCUT2D eigenvalue weighted by Gasteiger charge is -2.18. The highest BCUT2D eigenvalue weighted by atomic mass is 35.5. The maximum atomic E-state index is 12.1. The SMILES string of the molecule is O=c1[nH]c(CN2CCCCCC2)nc2ccc(Cl)cc12. The van der Waals surface area contributed by atoms with E-state index in [4.69, 9.17) is 11.6 Å². The second kappa shape index (κ2) is 5.94. The average Bonchev–Trinajstić information content (AvgIpc) is 2.68. The number of halogens is 1. The molecule has 1 aromatic carbocycles. The van der Waals surface area contributed by atoms with E-state index >= 15 is 0 Å². The number of aromatic nitrogens is 2. The Labute approximate surface area is 122 Å². The molecule has 0 amide bonds. The summed E-state index contributed by atoms with van der Waals surface area (Å²) in [4.78, 5) is 21.9. The van der Waals surface area contributed by atoms with Gasteiger partial charge in [0, 0.05) is 5.02 Å². The van der Waals surface area contributed by atoms with Gasteiger partial charge in [0.05, 0.1) is 17.4 Å². The van der Waals surface area contributed by atoms with Gasteiger partial charge in [-0.15, -0.1) is 0 Å². The first-order valence-corrected chi connectivity index (χ1v) is 7.51. The lowest BCUT2D eigenvalue weighted by atomic mass is 10.2. The molecule has 1 aliphatic heterocycles. The number of rotatable bonds is 2. The minimum Gasteiger partial charge on any atom is -0.309 e. The summed E-state index contributed by atoms with van der Waals surface area (Å²) < 4.78 is 0. The smallest absolute Gasteiger partial charge is 0.258 e. The van der Waals surface area contributed by atoms with Crippen LogP contribution < -0.4 is 5.56 Å². The standard InChI is InChI=1S/C15H18ClN3O/c16-11-5-6-13-12(9-11)15(20)18-14(17-13)10-19-7-3-1-2-4-8-19/h5-6,9H,1-4,7-8,10H2,(H,17,18,20). The van der Waals surface area contributed by atoms with Gasteiger partial charge in [0.25, 0.3) is 5.56 Å². The Balaban J connectivity index is 1.88. The van der Waals surface area contributed by atoms with Gasteiger partial charge >= 0.3 is 0 Å². The topological polar surface area (TPSA) is 49.0 Å². The van der Waals surface area contributed by atoms with Gasteiger partial charge in [0.2, 0.25) is 0 Å². The minimum absolute atomic E-state index is 0.109. The maximum absolute atomic E-state index is 12.1. The zero-order chi connectivity index (χ0) is 13.9. The molecule has 106 valence electrons. The van der Waals surface area contributed by atoms with Crippen LogP contribution >= 0.6 is 11.6 Å². The molecule has 0 bridgehead atoms. The van der Waals surface area contributed by atoms with Gasteiger partial charge in [-0.05, 0) is 44.1 Å². The van der Waals surface area contributed by atoms with Crippen LogP contribution in [0.4, 0.5) is 0 Å². The molecular weight excluding hydrogens is 274 g/mol. The first-order chi connectivity index (χ1) is 9.72. The highest BCUT2D eigenvalue weighted by Gasteiger charge is 2.12. The fraction of sp³-hybridized carbons (Fsp3) is 0.467. The molecule has 1 fully saturated rings. The van der Waals surface area contributed by atoms with Gasteiger partial charge in [-0.2, -0.15) is 0 Å². The molecule has 0 spiro atoms. The van der Waals surface area contributed by atoms with Crippen LogP contribution in [0.5, 0.6) is 0 Å². The van der Waals surface area contributed by atoms with Gasteiger partial charge in [-0.1, -0.05) is 24.4 Å². The molecule has 0 aliphatic carbocycles. The lowest BCUT2D eigenvalue weighted by molar-refractivity contribution is 0.270. The van der Waals surface area contributed by atoms with E-state index in [1.54, 1.807) is 18.2 Å². The van der Waals surface area contributed by atoms with Crippen LogP contribution in [0, 0.1) is 0 Å². The summed E-state index contributed by atoms with van der Waals surface area (Å²) in [6, 6.07) is 5.24. The first-order valence-electron chi connectivity index (χ1n) is 7.13. The van der Waals surface area contributed by atoms with Crippen molar-refractivity contribution in [2.75, 3.05) is 13.1 Å². The molecule has 1 aromatic heterocycles. The van der Waals surface area contributed by atoms with E-state index in [0.717, 1.165) is 18.9 Å². The molecule has 0 saturated carbocycles. The van der Waals surface area contributed by atoms with E-state index in [2.05, 4.69) is 14.9 Å². The summed E-state index contributed by atoms with van der Waals surface area (Å²) >= 11 is 5.92. The number of aromatic amines is 1. The highest BCUT2D eigenvalue weighted by Crippen LogP contribution is 2.16. The monoisotopic (exact) mass is 291 g/mol. The zero-order valence-electron chi connectivity index (χ0n) is 11.4. The van der Waals surface area contributed by atoms with Crippen molar-refractivity contribution in [1.82, 2.24) is 14.9 Å². The van der Waals surface area contributed by atoms with Crippen molar-refractivity contribution < 1.29 is 0 Å². The first kappa shape index (κ1) is 13.6. The Bertz CT molecular complexity index is 660. The third-order valence-electron chi connectivity index (χ3n) is 3.79. The second-order valence-corrected chi connectivity index (χ2v) is 5.80. The van der Waals surface area contributed by atoms with Crippen molar-refractivity contribution in [3.63, 3.8) is 0 Å². The van der Waals surface area contributed by atoms with Crippen molar-refractivity contribution in [1.29, 1.82) is 0 Å². The molecule has 3 rings (SSSR count). The van der Waals surface area contributed by atoms with Gasteiger partial charge in [0.15, 0.2) is 0 Å². The number of H-pyrrole nitrogens is 1. The predicted molar refractivity (Wildman–Crippen MR) is 81.1 cm³/mol. The maximum Gasteiger partial charge on any atom is 0.258 e. The normalized spacial score (nSPS) is 17.2. The molecule has 5 heteroatoms. The Kier molecular flexibility index (Phi) is 4.03. The van der Waals surface area contributed by atoms with Gasteiger partial charge in [-0.25, -0.2) is 4.98 Å². The number of fused-ring (bicyclic) bond motifs is 1. The summed E-state index contributed by atoms with van der Waals surface area (Å²) in [7, 11) is 0. The van der Waals surface area contributed by atoms with Crippen LogP contribution in [-0.2, 0) is 6.54 Å². The molecule has 1 N–H and O–H groups in total. The van der Waals surface area contributed by atoms with E-state index in [1.165, 1.54) is 25.7 Å². The number of hydrogen-bond donors (Lipinski definition) is 1. The highest BCUT2D eigenvalue weighted by molar-refractivity contribution is 6.31. The molecule has 4 nitrogen and oxygen atoms in total. The van der Waals surface area contributed by atoms with Crippen LogP contribution in [0.15, 0.2) is 23.0 Å². The van der Waals surface area contributed by atoms with Gasteiger partial charge in [-0.3, -0.25) is 9.69 Å². The molecule has 0 radical (unpaired) electrons. The van der Waals surface area contributed by atoms with Crippen LogP contribution in [0.1, 0.15) is 31.5 Å². The van der Waals surface area contributed by atoms with E-state index in [9.17, 15) is 4.79 Å². The number of likely N-dealkylation sites (tertiary alicyclic amines) is 1. The Morgan fingerprint density at radius 3 is 2.70 bits per heavy atom. The van der Waals surface area contributed by atoms with E-state index in [1.807, 2.05) is 0 Å². The Morgan fingerprint density at radius 2 is 1.95 bits per heavy atom. The van der Waals surface area contributed by atoms with Crippen molar-refractivity contribution in [3.05, 3.63) is 39.4 Å². The molecule has 0 atom stereocenters. The Hall–Kier alpha value is -1.39. The van der Waals surface area contributed by atoms with Crippen LogP contribution in [0.25, 0.3) is 10.9 Å². The number of hydrogen-bond acceptors (Lipinski definition) is 3. The van der Waals surface area contributed by atoms with E-state index in [-0.39, 0.29) is 5.56 Å². The largest absolute Gasteiger partial charge is 0.309 e. The van der Waals surface area contributed by atoms with E-state index in [0.29, 0.717) is 22.5 Å². The van der Waals surface area contributed by atoms with Crippen molar-refractivity contribution in [2.45, 2.75) is 32.2 Å². The van der Waals surface area contributed by atoms with Gasteiger partial charge < -0.3 is 4.98 Å². The Morgan fingerprint density at radius 1 is 1.20 bits per heavy atom. The lowest BCUT2D eigenvalue weighted by Crippen LogP contribution is -2.26. The third-order valence-corrected chi connectivity index (χ3v) is 4.02. The summed E-state index contributed by atoms with van der Waals surface area (Å²) in [5.41, 5.74) is 0.602. The fourth-order valence-corrected chi connectivity index (χ4v) is 2.91. The number of benzene rings is 1. The van der Waals surface area contributed by atoms with Crippen LogP contribution in [0.3, 0.4) is 0 Å². The molecule has 2 aromatic rings. The predicted octanol–water partition coefficient (Wildman–Crippen LogP) is 2.95.